The Hall–Kier alpha value is -3.38. The average molecular weight is 447 g/mol. The van der Waals surface area contributed by atoms with Crippen molar-refractivity contribution in [2.24, 2.45) is 0 Å². The van der Waals surface area contributed by atoms with Crippen molar-refractivity contribution in [1.29, 1.82) is 0 Å². The molecular weight excluding hydrogens is 416 g/mol. The van der Waals surface area contributed by atoms with Crippen LogP contribution in [0.3, 0.4) is 0 Å². The van der Waals surface area contributed by atoms with Gasteiger partial charge < -0.3 is 14.6 Å². The lowest BCUT2D eigenvalue weighted by atomic mass is 9.98. The van der Waals surface area contributed by atoms with Crippen molar-refractivity contribution in [3.05, 3.63) is 89.7 Å². The van der Waals surface area contributed by atoms with E-state index in [4.69, 9.17) is 9.47 Å². The smallest absolute Gasteiger partial charge is 0.320 e. The molecule has 2 heterocycles. The van der Waals surface area contributed by atoms with E-state index in [0.29, 0.717) is 37.6 Å². The van der Waals surface area contributed by atoms with Crippen molar-refractivity contribution in [2.45, 2.75) is 44.9 Å². The van der Waals surface area contributed by atoms with E-state index in [9.17, 15) is 9.90 Å². The lowest BCUT2D eigenvalue weighted by molar-refractivity contribution is -0.143. The molecule has 4 rings (SSSR count). The molecule has 1 saturated heterocycles. The molecule has 0 bridgehead atoms. The van der Waals surface area contributed by atoms with Crippen molar-refractivity contribution < 1.29 is 19.4 Å². The summed E-state index contributed by atoms with van der Waals surface area (Å²) in [7, 11) is 0. The molecule has 0 radical (unpaired) electrons. The van der Waals surface area contributed by atoms with E-state index in [2.05, 4.69) is 9.88 Å². The van der Waals surface area contributed by atoms with Crippen LogP contribution in [0, 0.1) is 0 Å². The number of hydrogen-bond acceptors (Lipinski definition) is 5. The first-order valence-electron chi connectivity index (χ1n) is 11.5. The zero-order valence-electron chi connectivity index (χ0n) is 18.9. The Bertz CT molecular complexity index is 1040. The summed E-state index contributed by atoms with van der Waals surface area (Å²) in [6.45, 7) is 3.65. The minimum absolute atomic E-state index is 0.120. The van der Waals surface area contributed by atoms with E-state index >= 15 is 0 Å². The second-order valence-electron chi connectivity index (χ2n) is 8.19. The molecule has 6 heteroatoms. The number of ether oxygens (including phenoxy) is 2. The summed E-state index contributed by atoms with van der Waals surface area (Å²) >= 11 is 0. The van der Waals surface area contributed by atoms with Crippen LogP contribution >= 0.6 is 0 Å². The largest absolute Gasteiger partial charge is 0.490 e. The van der Waals surface area contributed by atoms with Gasteiger partial charge in [-0.1, -0.05) is 42.5 Å². The van der Waals surface area contributed by atoms with E-state index in [1.54, 1.807) is 6.20 Å². The van der Waals surface area contributed by atoms with Crippen LogP contribution in [-0.4, -0.2) is 40.2 Å². The predicted molar refractivity (Wildman–Crippen MR) is 126 cm³/mol. The number of benzene rings is 2. The highest BCUT2D eigenvalue weighted by atomic mass is 16.5. The molecule has 0 spiro atoms. The van der Waals surface area contributed by atoms with Gasteiger partial charge in [-0.25, -0.2) is 0 Å². The monoisotopic (exact) mass is 446 g/mol. The van der Waals surface area contributed by atoms with Gasteiger partial charge in [-0.2, -0.15) is 0 Å². The zero-order chi connectivity index (χ0) is 23.0. The Labute approximate surface area is 194 Å². The van der Waals surface area contributed by atoms with E-state index in [1.807, 2.05) is 73.7 Å². The van der Waals surface area contributed by atoms with Crippen molar-refractivity contribution in [1.82, 2.24) is 9.88 Å². The number of nitrogens with zero attached hydrogens (tertiary/aromatic N) is 2. The van der Waals surface area contributed by atoms with Crippen LogP contribution < -0.4 is 9.47 Å². The van der Waals surface area contributed by atoms with E-state index in [-0.39, 0.29) is 6.04 Å². The molecule has 0 amide bonds. The molecule has 2 unspecified atom stereocenters. The number of aliphatic carboxylic acids is 1. The first-order chi connectivity index (χ1) is 16.2. The Morgan fingerprint density at radius 1 is 1.09 bits per heavy atom. The zero-order valence-corrected chi connectivity index (χ0v) is 18.9. The lowest BCUT2D eigenvalue weighted by Gasteiger charge is -2.32. The minimum Gasteiger partial charge on any atom is -0.490 e. The molecule has 0 saturated carbocycles. The molecule has 1 fully saturated rings. The van der Waals surface area contributed by atoms with Gasteiger partial charge >= 0.3 is 5.97 Å². The van der Waals surface area contributed by atoms with Crippen LogP contribution in [0.1, 0.15) is 42.6 Å². The molecule has 2 aromatic carbocycles. The molecule has 1 aliphatic rings. The predicted octanol–water partition coefficient (Wildman–Crippen LogP) is 4.89. The summed E-state index contributed by atoms with van der Waals surface area (Å²) in [6, 6.07) is 21.2. The van der Waals surface area contributed by atoms with Gasteiger partial charge in [0.05, 0.1) is 6.61 Å². The molecule has 2 atom stereocenters. The molecule has 1 N–H and O–H groups in total. The summed E-state index contributed by atoms with van der Waals surface area (Å²) in [5.41, 5.74) is 3.02. The van der Waals surface area contributed by atoms with Crippen LogP contribution in [0.2, 0.25) is 0 Å². The number of hydrogen-bond donors (Lipinski definition) is 1. The highest BCUT2D eigenvalue weighted by Gasteiger charge is 2.36. The second-order valence-corrected chi connectivity index (χ2v) is 8.19. The number of likely N-dealkylation sites (tertiary alicyclic amines) is 1. The molecule has 0 aliphatic carbocycles. The lowest BCUT2D eigenvalue weighted by Crippen LogP contribution is -2.39. The van der Waals surface area contributed by atoms with Crippen molar-refractivity contribution in [2.75, 3.05) is 13.2 Å². The van der Waals surface area contributed by atoms with Crippen LogP contribution in [0.25, 0.3) is 0 Å². The number of rotatable bonds is 10. The Morgan fingerprint density at radius 3 is 2.64 bits per heavy atom. The molecule has 1 aromatic heterocycles. The van der Waals surface area contributed by atoms with Crippen molar-refractivity contribution >= 4 is 5.97 Å². The Balaban J connectivity index is 1.63. The molecule has 172 valence electrons. The summed E-state index contributed by atoms with van der Waals surface area (Å²) < 4.78 is 12.0. The van der Waals surface area contributed by atoms with Crippen molar-refractivity contribution in [3.8, 4) is 11.5 Å². The van der Waals surface area contributed by atoms with Gasteiger partial charge in [0.15, 0.2) is 11.5 Å². The van der Waals surface area contributed by atoms with Gasteiger partial charge in [-0.3, -0.25) is 14.7 Å². The molecular formula is C27H30N2O4. The minimum atomic E-state index is -0.772. The first kappa shape index (κ1) is 22.8. The van der Waals surface area contributed by atoms with E-state index in [0.717, 1.165) is 29.8 Å². The SMILES string of the molecule is CCOc1cc(C(Cc2ccccn2)N2CCCC2C(=O)O)ccc1OCc1ccccc1. The fourth-order valence-electron chi connectivity index (χ4n) is 4.43. The summed E-state index contributed by atoms with van der Waals surface area (Å²) in [6.07, 6.45) is 3.93. The highest BCUT2D eigenvalue weighted by molar-refractivity contribution is 5.74. The number of pyridine rings is 1. The summed E-state index contributed by atoms with van der Waals surface area (Å²) in [4.78, 5) is 18.5. The number of carboxylic acids is 1. The van der Waals surface area contributed by atoms with Gasteiger partial charge in [0.2, 0.25) is 0 Å². The maximum Gasteiger partial charge on any atom is 0.320 e. The number of carbonyl (C=O) groups is 1. The Morgan fingerprint density at radius 2 is 1.91 bits per heavy atom. The van der Waals surface area contributed by atoms with Crippen LogP contribution in [0.4, 0.5) is 0 Å². The fourth-order valence-corrected chi connectivity index (χ4v) is 4.43. The average Bonchev–Trinajstić information content (AvgIpc) is 3.33. The number of aromatic nitrogens is 1. The van der Waals surface area contributed by atoms with E-state index in [1.165, 1.54) is 0 Å². The summed E-state index contributed by atoms with van der Waals surface area (Å²) in [5.74, 6) is 0.576. The second kappa shape index (κ2) is 11.0. The fraction of sp³-hybridized carbons (Fsp3) is 0.333. The van der Waals surface area contributed by atoms with Gasteiger partial charge in [0.25, 0.3) is 0 Å². The normalized spacial score (nSPS) is 16.9. The third-order valence-electron chi connectivity index (χ3n) is 6.00. The topological polar surface area (TPSA) is 71.9 Å². The standard InChI is InChI=1S/C27H30N2O4/c1-2-32-26-17-21(13-14-25(26)33-19-20-9-4-3-5-10-20)24(18-22-11-6-7-15-28-22)29-16-8-12-23(29)27(30)31/h3-7,9-11,13-15,17,23-24H,2,8,12,16,18-19H2,1H3,(H,30,31). The third kappa shape index (κ3) is 5.71. The van der Waals surface area contributed by atoms with Gasteiger partial charge in [0.1, 0.15) is 12.6 Å². The van der Waals surface area contributed by atoms with Gasteiger partial charge in [-0.05, 0) is 61.7 Å². The van der Waals surface area contributed by atoms with Gasteiger partial charge in [0, 0.05) is 24.4 Å². The van der Waals surface area contributed by atoms with Gasteiger partial charge in [-0.15, -0.1) is 0 Å². The highest BCUT2D eigenvalue weighted by Crippen LogP contribution is 2.37. The molecule has 33 heavy (non-hydrogen) atoms. The molecule has 3 aromatic rings. The quantitative estimate of drug-likeness (QED) is 0.478. The molecule has 6 nitrogen and oxygen atoms in total. The maximum atomic E-state index is 11.9. The maximum absolute atomic E-state index is 11.9. The molecule has 1 aliphatic heterocycles. The third-order valence-corrected chi connectivity index (χ3v) is 6.00. The van der Waals surface area contributed by atoms with Crippen molar-refractivity contribution in [3.63, 3.8) is 0 Å². The first-order valence-corrected chi connectivity index (χ1v) is 11.5. The van der Waals surface area contributed by atoms with Crippen LogP contribution in [0.15, 0.2) is 72.9 Å². The summed E-state index contributed by atoms with van der Waals surface area (Å²) in [5, 5.41) is 9.80. The number of carboxylic acid groups (broad SMARTS) is 1. The Kier molecular flexibility index (Phi) is 7.58. The van der Waals surface area contributed by atoms with Crippen LogP contribution in [-0.2, 0) is 17.8 Å². The van der Waals surface area contributed by atoms with Crippen LogP contribution in [0.5, 0.6) is 11.5 Å². The van der Waals surface area contributed by atoms with E-state index < -0.39 is 12.0 Å².